The van der Waals surface area contributed by atoms with Crippen LogP contribution in [0, 0.1) is 0 Å². The fourth-order valence-electron chi connectivity index (χ4n) is 5.24. The molecule has 0 saturated carbocycles. The first-order valence-corrected chi connectivity index (χ1v) is 24.3. The summed E-state index contributed by atoms with van der Waals surface area (Å²) in [5.41, 5.74) is 3.67. The van der Waals surface area contributed by atoms with E-state index in [0.717, 1.165) is 28.5 Å². The van der Waals surface area contributed by atoms with Crippen molar-refractivity contribution in [3.8, 4) is 0 Å². The Kier molecular flexibility index (Phi) is 17.6. The van der Waals surface area contributed by atoms with Crippen LogP contribution in [0.25, 0.3) is 0 Å². The molecular weight excluding hydrogens is 751 g/mol. The van der Waals surface area contributed by atoms with Crippen LogP contribution in [-0.2, 0) is 64.2 Å². The smallest absolute Gasteiger partial charge is 0.286 e. The Morgan fingerprint density at radius 1 is 0.673 bits per heavy atom. The van der Waals surface area contributed by atoms with Gasteiger partial charge in [0.15, 0.2) is 0 Å². The highest BCUT2D eigenvalue weighted by atomic mass is 32.2. The van der Waals surface area contributed by atoms with E-state index in [9.17, 15) is 8.42 Å². The zero-order chi connectivity index (χ0) is 39.7. The van der Waals surface area contributed by atoms with E-state index >= 15 is 0 Å². The maximum Gasteiger partial charge on any atom is 0.286 e. The standard InChI is InChI=1S/C43H57NO8S2Si/c1-8-53-42(44-52-55(6,7)43(2,3)4)41(50-32-37-27-19-12-20-28-37)40(49-31-36-25-17-11-18-26-36)39(48-30-35-23-15-10-16-24-35)38(51-54(5,45)46)33-47-29-34-21-13-9-14-22-34/h9-28,38-41H,8,29-33H2,1-7H3/b44-42-/t38-,39-,40-,41+/m0/s1. The number of ether oxygens (including phenoxy) is 4. The number of hydrogen-bond donors (Lipinski definition) is 0. The Hall–Kier alpha value is -3.33. The summed E-state index contributed by atoms with van der Waals surface area (Å²) in [6.07, 6.45) is -2.98. The van der Waals surface area contributed by atoms with Crippen molar-refractivity contribution in [1.29, 1.82) is 0 Å². The molecule has 0 fully saturated rings. The van der Waals surface area contributed by atoms with Gasteiger partial charge >= 0.3 is 0 Å². The van der Waals surface area contributed by atoms with Crippen LogP contribution in [0.1, 0.15) is 49.9 Å². The normalized spacial score (nSPS) is 14.9. The van der Waals surface area contributed by atoms with E-state index in [0.29, 0.717) is 10.8 Å². The second-order valence-corrected chi connectivity index (χ2v) is 22.4. The van der Waals surface area contributed by atoms with E-state index in [1.165, 1.54) is 11.8 Å². The molecule has 298 valence electrons. The van der Waals surface area contributed by atoms with Crippen LogP contribution in [0.15, 0.2) is 126 Å². The SMILES string of the molecule is CCS/C(=N\O[Si](C)(C)C(C)(C)C)[C@H](OCc1ccccc1)[C@@H](OCc1ccccc1)[C@@H](OCc1ccccc1)[C@H](COCc1ccccc1)OS(C)(=O)=O. The average molecular weight is 808 g/mol. The monoisotopic (exact) mass is 807 g/mol. The molecule has 0 spiro atoms. The van der Waals surface area contributed by atoms with Gasteiger partial charge in [0.2, 0.25) is 0 Å². The van der Waals surface area contributed by atoms with Crippen molar-refractivity contribution >= 4 is 35.2 Å². The molecule has 12 heteroatoms. The first-order valence-electron chi connectivity index (χ1n) is 18.6. The highest BCUT2D eigenvalue weighted by Crippen LogP contribution is 2.37. The van der Waals surface area contributed by atoms with Gasteiger partial charge < -0.3 is 23.5 Å². The molecule has 0 heterocycles. The molecule has 4 aromatic rings. The first-order chi connectivity index (χ1) is 26.3. The molecule has 0 saturated heterocycles. The summed E-state index contributed by atoms with van der Waals surface area (Å²) in [7, 11) is -6.39. The number of benzene rings is 4. The summed E-state index contributed by atoms with van der Waals surface area (Å²) in [5.74, 6) is 0.662. The maximum atomic E-state index is 13.0. The van der Waals surface area contributed by atoms with E-state index in [2.05, 4.69) is 33.9 Å². The lowest BCUT2D eigenvalue weighted by atomic mass is 10.0. The van der Waals surface area contributed by atoms with Gasteiger partial charge in [-0.15, -0.1) is 11.8 Å². The van der Waals surface area contributed by atoms with Gasteiger partial charge in [0.1, 0.15) is 29.5 Å². The number of rotatable bonds is 22. The fraction of sp³-hybridized carbons (Fsp3) is 0.419. The van der Waals surface area contributed by atoms with Gasteiger partial charge in [0, 0.05) is 0 Å². The molecule has 0 aliphatic carbocycles. The Morgan fingerprint density at radius 2 is 1.09 bits per heavy atom. The van der Waals surface area contributed by atoms with Crippen LogP contribution in [0.3, 0.4) is 0 Å². The highest BCUT2D eigenvalue weighted by molar-refractivity contribution is 8.14. The van der Waals surface area contributed by atoms with Gasteiger partial charge in [-0.1, -0.05) is 154 Å². The lowest BCUT2D eigenvalue weighted by Crippen LogP contribution is -2.53. The third-order valence-corrected chi connectivity index (χ3v) is 14.9. The zero-order valence-corrected chi connectivity index (χ0v) is 35.8. The minimum Gasteiger partial charge on any atom is -0.454 e. The van der Waals surface area contributed by atoms with Crippen LogP contribution in [-0.4, -0.2) is 64.8 Å². The molecule has 0 bridgehead atoms. The largest absolute Gasteiger partial charge is 0.454 e. The van der Waals surface area contributed by atoms with E-state index in [1.54, 1.807) is 0 Å². The molecule has 9 nitrogen and oxygen atoms in total. The van der Waals surface area contributed by atoms with Crippen LogP contribution in [0.5, 0.6) is 0 Å². The number of oxime groups is 1. The molecular formula is C43H57NO8S2Si. The van der Waals surface area contributed by atoms with Gasteiger partial charge in [0.05, 0.1) is 39.3 Å². The molecule has 0 aliphatic heterocycles. The predicted octanol–water partition coefficient (Wildman–Crippen LogP) is 9.39. The van der Waals surface area contributed by atoms with Crippen LogP contribution < -0.4 is 0 Å². The van der Waals surface area contributed by atoms with E-state index in [1.807, 2.05) is 128 Å². The van der Waals surface area contributed by atoms with E-state index in [4.69, 9.17) is 32.8 Å². The summed E-state index contributed by atoms with van der Waals surface area (Å²) in [6, 6.07) is 39.0. The zero-order valence-electron chi connectivity index (χ0n) is 33.1. The molecule has 0 amide bonds. The van der Waals surface area contributed by atoms with Crippen LogP contribution in [0.4, 0.5) is 0 Å². The van der Waals surface area contributed by atoms with Crippen molar-refractivity contribution in [1.82, 2.24) is 0 Å². The predicted molar refractivity (Wildman–Crippen MR) is 225 cm³/mol. The lowest BCUT2D eigenvalue weighted by Gasteiger charge is -2.38. The summed E-state index contributed by atoms with van der Waals surface area (Å²) in [4.78, 5) is 0. The topological polar surface area (TPSA) is 102 Å². The Balaban J connectivity index is 1.87. The van der Waals surface area contributed by atoms with Gasteiger partial charge in [-0.2, -0.15) is 8.42 Å². The molecule has 0 radical (unpaired) electrons. The Labute approximate surface area is 334 Å². The first kappa shape index (κ1) is 44.4. The summed E-state index contributed by atoms with van der Waals surface area (Å²) in [6.45, 7) is 13.4. The van der Waals surface area contributed by atoms with Crippen molar-refractivity contribution in [2.24, 2.45) is 5.16 Å². The third-order valence-electron chi connectivity index (χ3n) is 9.23. The average Bonchev–Trinajstić information content (AvgIpc) is 3.16. The Morgan fingerprint density at radius 3 is 1.51 bits per heavy atom. The van der Waals surface area contributed by atoms with Crippen molar-refractivity contribution < 1.29 is 36.1 Å². The van der Waals surface area contributed by atoms with Gasteiger partial charge in [-0.25, -0.2) is 0 Å². The quantitative estimate of drug-likeness (QED) is 0.0253. The molecule has 0 aliphatic rings. The minimum absolute atomic E-state index is 0.117. The van der Waals surface area contributed by atoms with Gasteiger partial charge in [-0.3, -0.25) is 4.18 Å². The second-order valence-electron chi connectivity index (χ2n) is 14.8. The molecule has 4 aromatic carbocycles. The lowest BCUT2D eigenvalue weighted by molar-refractivity contribution is -0.168. The third kappa shape index (κ3) is 15.3. The van der Waals surface area contributed by atoms with Crippen molar-refractivity contribution in [2.75, 3.05) is 18.6 Å². The summed E-state index contributed by atoms with van der Waals surface area (Å²) in [5, 5.41) is 5.30. The summed E-state index contributed by atoms with van der Waals surface area (Å²) < 4.78 is 65.2. The minimum atomic E-state index is -4.02. The number of hydrogen-bond acceptors (Lipinski definition) is 10. The van der Waals surface area contributed by atoms with Crippen molar-refractivity contribution in [3.63, 3.8) is 0 Å². The van der Waals surface area contributed by atoms with Crippen LogP contribution in [0.2, 0.25) is 18.1 Å². The number of nitrogens with zero attached hydrogens (tertiary/aromatic N) is 1. The second kappa shape index (κ2) is 21.8. The molecule has 0 unspecified atom stereocenters. The summed E-state index contributed by atoms with van der Waals surface area (Å²) >= 11 is 1.49. The molecule has 4 rings (SSSR count). The van der Waals surface area contributed by atoms with Crippen molar-refractivity contribution in [3.05, 3.63) is 144 Å². The fourth-order valence-corrected chi connectivity index (χ4v) is 7.27. The van der Waals surface area contributed by atoms with Gasteiger partial charge in [0.25, 0.3) is 18.4 Å². The maximum absolute atomic E-state index is 13.0. The van der Waals surface area contributed by atoms with Crippen molar-refractivity contribution in [2.45, 2.75) is 96.7 Å². The highest BCUT2D eigenvalue weighted by Gasteiger charge is 2.44. The van der Waals surface area contributed by atoms with E-state index < -0.39 is 42.9 Å². The molecule has 4 atom stereocenters. The Bertz CT molecular complexity index is 1810. The number of thioether (sulfide) groups is 1. The van der Waals surface area contributed by atoms with Gasteiger partial charge in [-0.05, 0) is 46.1 Å². The molecule has 0 N–H and O–H groups in total. The van der Waals surface area contributed by atoms with E-state index in [-0.39, 0.29) is 38.1 Å². The van der Waals surface area contributed by atoms with Crippen LogP contribution >= 0.6 is 11.8 Å². The molecule has 55 heavy (non-hydrogen) atoms. The molecule has 0 aromatic heterocycles.